The van der Waals surface area contributed by atoms with E-state index in [2.05, 4.69) is 4.74 Å². The molecular formula is C11H18N2O7. The van der Waals surface area contributed by atoms with Crippen LogP contribution in [0, 0.1) is 0 Å². The van der Waals surface area contributed by atoms with Crippen LogP contribution in [0.15, 0.2) is 0 Å². The molecule has 1 fully saturated rings. The van der Waals surface area contributed by atoms with Crippen LogP contribution in [0.3, 0.4) is 0 Å². The zero-order valence-corrected chi connectivity index (χ0v) is 11.2. The van der Waals surface area contributed by atoms with Gasteiger partial charge < -0.3 is 19.8 Å². The zero-order valence-electron chi connectivity index (χ0n) is 11.2. The van der Waals surface area contributed by atoms with Gasteiger partial charge in [-0.25, -0.2) is 9.59 Å². The highest BCUT2D eigenvalue weighted by Crippen LogP contribution is 2.15. The van der Waals surface area contributed by atoms with Gasteiger partial charge in [-0.3, -0.25) is 9.69 Å². The number of ether oxygens (including phenoxy) is 1. The van der Waals surface area contributed by atoms with Crippen molar-refractivity contribution < 1.29 is 34.2 Å². The van der Waals surface area contributed by atoms with Crippen LogP contribution in [0.25, 0.3) is 0 Å². The highest BCUT2D eigenvalue weighted by Gasteiger charge is 2.35. The molecule has 9 heteroatoms. The molecule has 2 N–H and O–H groups in total. The van der Waals surface area contributed by atoms with Gasteiger partial charge in [-0.15, -0.1) is 0 Å². The zero-order chi connectivity index (χ0) is 15.1. The number of hydroxylamine groups is 2. The first-order valence-corrected chi connectivity index (χ1v) is 6.23. The molecule has 0 saturated carbocycles. The second-order valence-corrected chi connectivity index (χ2v) is 4.04. The van der Waals surface area contributed by atoms with Crippen LogP contribution in [0.1, 0.15) is 19.8 Å². The molecule has 0 aromatic heterocycles. The van der Waals surface area contributed by atoms with Gasteiger partial charge >= 0.3 is 18.0 Å². The van der Waals surface area contributed by atoms with E-state index in [9.17, 15) is 19.5 Å². The highest BCUT2D eigenvalue weighted by molar-refractivity contribution is 5.82. The molecule has 0 aromatic rings. The molecule has 1 unspecified atom stereocenters. The smallest absolute Gasteiger partial charge is 0.355 e. The Labute approximate surface area is 115 Å². The minimum Gasteiger partial charge on any atom is -0.462 e. The topological polar surface area (TPSA) is 117 Å². The van der Waals surface area contributed by atoms with Crippen molar-refractivity contribution in [1.29, 1.82) is 0 Å². The molecule has 0 radical (unpaired) electrons. The maximum absolute atomic E-state index is 12.0. The summed E-state index contributed by atoms with van der Waals surface area (Å²) >= 11 is 0. The molecule has 1 aliphatic heterocycles. The number of rotatable bonds is 6. The van der Waals surface area contributed by atoms with Crippen molar-refractivity contribution in [2.75, 3.05) is 26.3 Å². The van der Waals surface area contributed by atoms with Crippen LogP contribution < -0.4 is 0 Å². The average molecular weight is 290 g/mol. The predicted molar refractivity (Wildman–Crippen MR) is 63.9 cm³/mol. The lowest BCUT2D eigenvalue weighted by Crippen LogP contribution is -2.56. The van der Waals surface area contributed by atoms with Gasteiger partial charge in [-0.05, 0) is 0 Å². The second-order valence-electron chi connectivity index (χ2n) is 4.04. The van der Waals surface area contributed by atoms with E-state index in [1.165, 1.54) is 0 Å². The second kappa shape index (κ2) is 7.65. The Hall–Kier alpha value is -1.87. The summed E-state index contributed by atoms with van der Waals surface area (Å²) in [7, 11) is 0. The molecular weight excluding hydrogens is 272 g/mol. The minimum absolute atomic E-state index is 0.0495. The number of nitrogens with zero attached hydrogens (tertiary/aromatic N) is 2. The third kappa shape index (κ3) is 4.35. The molecule has 1 saturated heterocycles. The van der Waals surface area contributed by atoms with Crippen molar-refractivity contribution in [3.8, 4) is 0 Å². The molecule has 20 heavy (non-hydrogen) atoms. The van der Waals surface area contributed by atoms with Crippen molar-refractivity contribution >= 4 is 18.0 Å². The number of hydrogen-bond donors (Lipinski definition) is 2. The Kier molecular flexibility index (Phi) is 6.19. The van der Waals surface area contributed by atoms with Crippen LogP contribution in [0.5, 0.6) is 0 Å². The quantitative estimate of drug-likeness (QED) is 0.592. The summed E-state index contributed by atoms with van der Waals surface area (Å²) in [4.78, 5) is 40.1. The Balaban J connectivity index is 2.60. The van der Waals surface area contributed by atoms with E-state index in [0.717, 1.165) is 9.96 Å². The molecule has 9 nitrogen and oxygen atoms in total. The number of amides is 2. The molecule has 114 valence electrons. The van der Waals surface area contributed by atoms with Gasteiger partial charge in [0.15, 0.2) is 0 Å². The fourth-order valence-electron chi connectivity index (χ4n) is 1.54. The standard InChI is InChI=1S/C11H18N2O7/c1-2-9(16)20-13-4-3-8(15)12(11(13)18)7-10(17)19-6-5-14/h8,14-15H,2-7H2,1H3. The number of hydrogen-bond acceptors (Lipinski definition) is 7. The molecule has 0 bridgehead atoms. The predicted octanol–water partition coefficient (Wildman–Crippen LogP) is -1.16. The average Bonchev–Trinajstić information content (AvgIpc) is 2.44. The van der Waals surface area contributed by atoms with E-state index >= 15 is 0 Å². The highest BCUT2D eigenvalue weighted by atomic mass is 16.7. The van der Waals surface area contributed by atoms with E-state index in [1.807, 2.05) is 0 Å². The molecule has 2 amide bonds. The van der Waals surface area contributed by atoms with Crippen LogP contribution in [0.4, 0.5) is 4.79 Å². The summed E-state index contributed by atoms with van der Waals surface area (Å²) < 4.78 is 4.61. The van der Waals surface area contributed by atoms with Crippen molar-refractivity contribution in [3.63, 3.8) is 0 Å². The van der Waals surface area contributed by atoms with E-state index in [-0.39, 0.29) is 32.6 Å². The Bertz CT molecular complexity index is 374. The Morgan fingerprint density at radius 1 is 1.40 bits per heavy atom. The summed E-state index contributed by atoms with van der Waals surface area (Å²) in [6, 6.07) is -0.786. The Morgan fingerprint density at radius 3 is 2.70 bits per heavy atom. The lowest BCUT2D eigenvalue weighted by atomic mass is 10.3. The number of carbonyl (C=O) groups is 3. The van der Waals surface area contributed by atoms with E-state index in [4.69, 9.17) is 9.94 Å². The number of esters is 1. The summed E-state index contributed by atoms with van der Waals surface area (Å²) in [6.45, 7) is 0.623. The summed E-state index contributed by atoms with van der Waals surface area (Å²) in [5.74, 6) is -1.35. The van der Waals surface area contributed by atoms with Crippen LogP contribution >= 0.6 is 0 Å². The van der Waals surface area contributed by atoms with Crippen molar-refractivity contribution in [1.82, 2.24) is 9.96 Å². The molecule has 1 heterocycles. The number of urea groups is 1. The SMILES string of the molecule is CCC(=O)ON1CCC(O)N(CC(=O)OCCO)C1=O. The monoisotopic (exact) mass is 290 g/mol. The third-order valence-corrected chi connectivity index (χ3v) is 2.56. The van der Waals surface area contributed by atoms with E-state index in [1.54, 1.807) is 6.92 Å². The third-order valence-electron chi connectivity index (χ3n) is 2.56. The molecule has 1 rings (SSSR count). The summed E-state index contributed by atoms with van der Waals surface area (Å²) in [6.07, 6.45) is -0.915. The molecule has 1 aliphatic rings. The van der Waals surface area contributed by atoms with Crippen molar-refractivity contribution in [2.45, 2.75) is 26.0 Å². The van der Waals surface area contributed by atoms with Gasteiger partial charge in [0.05, 0.1) is 13.2 Å². The van der Waals surface area contributed by atoms with Crippen LogP contribution in [-0.4, -0.2) is 70.7 Å². The maximum Gasteiger partial charge on any atom is 0.355 e. The lowest BCUT2D eigenvalue weighted by molar-refractivity contribution is -0.189. The lowest BCUT2D eigenvalue weighted by Gasteiger charge is -2.36. The normalized spacial score (nSPS) is 18.9. The molecule has 0 spiro atoms. The van der Waals surface area contributed by atoms with Crippen molar-refractivity contribution in [2.24, 2.45) is 0 Å². The van der Waals surface area contributed by atoms with E-state index < -0.39 is 30.7 Å². The van der Waals surface area contributed by atoms with E-state index in [0.29, 0.717) is 0 Å². The number of aliphatic hydroxyl groups excluding tert-OH is 2. The molecule has 1 atom stereocenters. The number of aliphatic hydroxyl groups is 2. The minimum atomic E-state index is -1.15. The largest absolute Gasteiger partial charge is 0.462 e. The fraction of sp³-hybridized carbons (Fsp3) is 0.727. The first-order chi connectivity index (χ1) is 9.49. The first-order valence-electron chi connectivity index (χ1n) is 6.23. The maximum atomic E-state index is 12.0. The van der Waals surface area contributed by atoms with Gasteiger partial charge in [0.25, 0.3) is 0 Å². The van der Waals surface area contributed by atoms with Gasteiger partial charge in [-0.2, -0.15) is 5.06 Å². The van der Waals surface area contributed by atoms with Crippen LogP contribution in [-0.2, 0) is 19.2 Å². The summed E-state index contributed by atoms with van der Waals surface area (Å²) in [5.41, 5.74) is 0. The summed E-state index contributed by atoms with van der Waals surface area (Å²) in [5, 5.41) is 19.0. The Morgan fingerprint density at radius 2 is 2.10 bits per heavy atom. The van der Waals surface area contributed by atoms with Gasteiger partial charge in [0.2, 0.25) is 0 Å². The van der Waals surface area contributed by atoms with Crippen molar-refractivity contribution in [3.05, 3.63) is 0 Å². The van der Waals surface area contributed by atoms with Gasteiger partial charge in [0, 0.05) is 12.8 Å². The molecule has 0 aromatic carbocycles. The molecule has 0 aliphatic carbocycles. The number of carbonyl (C=O) groups excluding carboxylic acids is 3. The fourth-order valence-corrected chi connectivity index (χ4v) is 1.54. The first kappa shape index (κ1) is 16.2. The van der Waals surface area contributed by atoms with Gasteiger partial charge in [-0.1, -0.05) is 6.92 Å². The van der Waals surface area contributed by atoms with Gasteiger partial charge in [0.1, 0.15) is 19.4 Å². The van der Waals surface area contributed by atoms with Crippen LogP contribution in [0.2, 0.25) is 0 Å².